The van der Waals surface area contributed by atoms with Gasteiger partial charge in [-0.1, -0.05) is 11.6 Å². The molecule has 1 amide bonds. The van der Waals surface area contributed by atoms with E-state index in [1.807, 2.05) is 6.07 Å². The van der Waals surface area contributed by atoms with E-state index in [9.17, 15) is 4.79 Å². The van der Waals surface area contributed by atoms with Crippen LogP contribution in [0, 0.1) is 11.3 Å². The third-order valence-corrected chi connectivity index (χ3v) is 3.22. The summed E-state index contributed by atoms with van der Waals surface area (Å²) in [7, 11) is 0. The molecule has 0 spiro atoms. The molecule has 0 saturated heterocycles. The summed E-state index contributed by atoms with van der Waals surface area (Å²) in [5.41, 5.74) is 0.889. The topological polar surface area (TPSA) is 75.0 Å². The van der Waals surface area contributed by atoms with E-state index in [-0.39, 0.29) is 16.6 Å². The lowest BCUT2D eigenvalue weighted by molar-refractivity contribution is -0.114. The smallest absolute Gasteiger partial charge is 0.221 e. The molecule has 0 unspecified atom stereocenters. The first kappa shape index (κ1) is 13.3. The zero-order valence-electron chi connectivity index (χ0n) is 9.81. The van der Waals surface area contributed by atoms with Crippen molar-refractivity contribution in [2.75, 3.05) is 5.32 Å². The average Bonchev–Trinajstić information content (AvgIpc) is 2.71. The van der Waals surface area contributed by atoms with Gasteiger partial charge in [0.1, 0.15) is 17.4 Å². The average molecular weight is 294 g/mol. The third kappa shape index (κ3) is 3.22. The molecule has 7 heteroatoms. The fraction of sp³-hybridized carbons (Fsp3) is 0.0833. The molecule has 5 nitrogen and oxygen atoms in total. The van der Waals surface area contributed by atoms with Crippen LogP contribution in [0.4, 0.5) is 5.69 Å². The van der Waals surface area contributed by atoms with E-state index in [1.54, 1.807) is 24.3 Å². The summed E-state index contributed by atoms with van der Waals surface area (Å²) >= 11 is 6.76. The molecule has 0 saturated carbocycles. The van der Waals surface area contributed by atoms with Crippen molar-refractivity contribution in [2.24, 2.45) is 0 Å². The van der Waals surface area contributed by atoms with Gasteiger partial charge in [0.25, 0.3) is 0 Å². The first-order valence-corrected chi connectivity index (χ1v) is 6.36. The largest absolute Gasteiger partial charge is 0.444 e. The van der Waals surface area contributed by atoms with Crippen LogP contribution in [0.1, 0.15) is 12.5 Å². The van der Waals surface area contributed by atoms with Crippen LogP contribution in [0.5, 0.6) is 10.8 Å². The summed E-state index contributed by atoms with van der Waals surface area (Å²) in [5.74, 6) is 0.389. The zero-order chi connectivity index (χ0) is 13.8. The minimum atomic E-state index is -0.144. The predicted octanol–water partition coefficient (Wildman–Crippen LogP) is 3.42. The molecule has 0 bridgehead atoms. The van der Waals surface area contributed by atoms with Crippen LogP contribution in [0.25, 0.3) is 0 Å². The lowest BCUT2D eigenvalue weighted by Crippen LogP contribution is -2.05. The standard InChI is InChI=1S/C12H8ClN3O2S/c1-7(17)15-8-2-4-9(5-3-8)18-12-10(6-14)11(13)16-19-12/h2-5H,1H3,(H,15,17). The number of benzene rings is 1. The number of hydrogen-bond donors (Lipinski definition) is 1. The van der Waals surface area contributed by atoms with Gasteiger partial charge in [0.2, 0.25) is 11.0 Å². The monoisotopic (exact) mass is 293 g/mol. The number of carbonyl (C=O) groups is 1. The van der Waals surface area contributed by atoms with Gasteiger partial charge in [-0.2, -0.15) is 9.64 Å². The van der Waals surface area contributed by atoms with E-state index >= 15 is 0 Å². The highest BCUT2D eigenvalue weighted by atomic mass is 35.5. The molecule has 2 aromatic rings. The van der Waals surface area contributed by atoms with Gasteiger partial charge in [-0.05, 0) is 24.3 Å². The lowest BCUT2D eigenvalue weighted by Gasteiger charge is -2.05. The third-order valence-electron chi connectivity index (χ3n) is 2.12. The van der Waals surface area contributed by atoms with E-state index < -0.39 is 0 Å². The molecule has 0 aliphatic heterocycles. The lowest BCUT2D eigenvalue weighted by atomic mass is 10.3. The molecular weight excluding hydrogens is 286 g/mol. The fourth-order valence-electron chi connectivity index (χ4n) is 1.34. The zero-order valence-corrected chi connectivity index (χ0v) is 11.4. The van der Waals surface area contributed by atoms with Crippen LogP contribution in [0.2, 0.25) is 5.15 Å². The van der Waals surface area contributed by atoms with Crippen molar-refractivity contribution in [2.45, 2.75) is 6.92 Å². The number of aromatic nitrogens is 1. The number of nitrogens with one attached hydrogen (secondary N) is 1. The molecule has 1 aromatic carbocycles. The molecule has 0 aliphatic carbocycles. The molecule has 0 fully saturated rings. The maximum Gasteiger partial charge on any atom is 0.221 e. The van der Waals surface area contributed by atoms with Gasteiger partial charge >= 0.3 is 0 Å². The van der Waals surface area contributed by atoms with Crippen molar-refractivity contribution in [1.29, 1.82) is 5.26 Å². The quantitative estimate of drug-likeness (QED) is 0.941. The second kappa shape index (κ2) is 5.69. The SMILES string of the molecule is CC(=O)Nc1ccc(Oc2snc(Cl)c2C#N)cc1. The number of ether oxygens (including phenoxy) is 1. The molecule has 96 valence electrons. The summed E-state index contributed by atoms with van der Waals surface area (Å²) in [5, 5.41) is 12.0. The van der Waals surface area contributed by atoms with Gasteiger partial charge in [-0.25, -0.2) is 0 Å². The number of carbonyl (C=O) groups excluding carboxylic acids is 1. The van der Waals surface area contributed by atoms with Gasteiger partial charge in [0.15, 0.2) is 5.15 Å². The Morgan fingerprint density at radius 2 is 2.16 bits per heavy atom. The molecule has 0 radical (unpaired) electrons. The maximum atomic E-state index is 10.9. The van der Waals surface area contributed by atoms with Crippen molar-refractivity contribution >= 4 is 34.7 Å². The molecular formula is C12H8ClN3O2S. The van der Waals surface area contributed by atoms with Crippen molar-refractivity contribution in [3.05, 3.63) is 35.0 Å². The molecule has 0 atom stereocenters. The summed E-state index contributed by atoms with van der Waals surface area (Å²) in [6.45, 7) is 1.43. The highest BCUT2D eigenvalue weighted by Crippen LogP contribution is 2.33. The second-order valence-corrected chi connectivity index (χ2v) is 4.65. The van der Waals surface area contributed by atoms with Crippen molar-refractivity contribution in [3.8, 4) is 16.9 Å². The number of rotatable bonds is 3. The van der Waals surface area contributed by atoms with Crippen molar-refractivity contribution in [3.63, 3.8) is 0 Å². The number of nitriles is 1. The normalized spacial score (nSPS) is 9.74. The van der Waals surface area contributed by atoms with Gasteiger partial charge in [0.05, 0.1) is 0 Å². The Kier molecular flexibility index (Phi) is 4.00. The summed E-state index contributed by atoms with van der Waals surface area (Å²) in [4.78, 5) is 10.9. The van der Waals surface area contributed by atoms with Gasteiger partial charge < -0.3 is 10.1 Å². The van der Waals surface area contributed by atoms with Gasteiger partial charge in [0, 0.05) is 24.1 Å². The van der Waals surface area contributed by atoms with Crippen LogP contribution >= 0.6 is 23.1 Å². The Hall–Kier alpha value is -2.10. The number of halogens is 1. The number of nitrogens with zero attached hydrogens (tertiary/aromatic N) is 2. The van der Waals surface area contributed by atoms with Crippen LogP contribution in [0.15, 0.2) is 24.3 Å². The van der Waals surface area contributed by atoms with Crippen molar-refractivity contribution in [1.82, 2.24) is 4.37 Å². The van der Waals surface area contributed by atoms with E-state index in [0.717, 1.165) is 11.5 Å². The van der Waals surface area contributed by atoms with Crippen LogP contribution in [-0.4, -0.2) is 10.3 Å². The highest BCUT2D eigenvalue weighted by molar-refractivity contribution is 7.08. The Morgan fingerprint density at radius 3 is 2.74 bits per heavy atom. The predicted molar refractivity (Wildman–Crippen MR) is 72.7 cm³/mol. The molecule has 0 aliphatic rings. The van der Waals surface area contributed by atoms with Crippen LogP contribution in [-0.2, 0) is 4.79 Å². The summed E-state index contributed by atoms with van der Waals surface area (Å²) in [6, 6.07) is 8.70. The minimum absolute atomic E-state index is 0.136. The Labute approximate surface area is 118 Å². The molecule has 1 N–H and O–H groups in total. The molecule has 19 heavy (non-hydrogen) atoms. The summed E-state index contributed by atoms with van der Waals surface area (Å²) in [6.07, 6.45) is 0. The molecule has 1 aromatic heterocycles. The van der Waals surface area contributed by atoms with Crippen molar-refractivity contribution < 1.29 is 9.53 Å². The highest BCUT2D eigenvalue weighted by Gasteiger charge is 2.13. The van der Waals surface area contributed by atoms with Gasteiger partial charge in [-0.3, -0.25) is 4.79 Å². The summed E-state index contributed by atoms with van der Waals surface area (Å²) < 4.78 is 9.36. The number of hydrogen-bond acceptors (Lipinski definition) is 5. The minimum Gasteiger partial charge on any atom is -0.444 e. The van der Waals surface area contributed by atoms with E-state index in [1.165, 1.54) is 6.92 Å². The Bertz CT molecular complexity index is 646. The Morgan fingerprint density at radius 1 is 1.47 bits per heavy atom. The van der Waals surface area contributed by atoms with Gasteiger partial charge in [-0.15, -0.1) is 0 Å². The number of anilines is 1. The van der Waals surface area contributed by atoms with E-state index in [2.05, 4.69) is 9.69 Å². The fourth-order valence-corrected chi connectivity index (χ4v) is 2.24. The van der Waals surface area contributed by atoms with Crippen LogP contribution in [0.3, 0.4) is 0 Å². The van der Waals surface area contributed by atoms with Crippen LogP contribution < -0.4 is 10.1 Å². The molecule has 2 rings (SSSR count). The van der Waals surface area contributed by atoms with E-state index in [0.29, 0.717) is 16.5 Å². The first-order valence-electron chi connectivity index (χ1n) is 5.21. The Balaban J connectivity index is 2.15. The van der Waals surface area contributed by atoms with E-state index in [4.69, 9.17) is 21.6 Å². The second-order valence-electron chi connectivity index (χ2n) is 3.56. The molecule has 1 heterocycles. The maximum absolute atomic E-state index is 10.9. The first-order chi connectivity index (χ1) is 9.10. The number of amides is 1.